The number of ether oxygens (including phenoxy) is 3. The third-order valence-electron chi connectivity index (χ3n) is 18.6. The standard InChI is InChI=1S/C77H77N7O17/c85-56-22-25-60-64(42-56)100-65-43-57(86)23-26-61(65)77(60)59-24-21-53(38-58(59)74(97)101-77)71(94)79-31-7-35-99-36-8-32-80-72(95)62-29-33-78-66(87)27-28-68(89)84-34-6-30-76(46-84,44-48-9-2-1-3-10-48)75(98)83-63(73(96)81-45-54-12-5-4-11-52(54)39-67(88)82-62)37-47-13-15-49(16-14-47)50-17-19-51(20-18-50)55(40-69(90)91)41-70(92)93/h1-5,9-28,38,42-43,55,62-63,85-86H,6-8,29-37,39-41,44-46H2,(H,78,87)(H,79,94)(H,80,95)(H,81,96)(H,82,88)(H,83,98)(H,90,91)(H,92,93)/b28-27+/t62-,63-,76-/m0/s1. The molecule has 1 spiro atoms. The minimum absolute atomic E-state index is 0.0280. The van der Waals surface area contributed by atoms with Gasteiger partial charge >= 0.3 is 17.9 Å². The fourth-order valence-corrected chi connectivity index (χ4v) is 13.5. The number of phenolic OH excluding ortho intramolecular Hbond substituents is 2. The number of aromatic hydroxyl groups is 2. The normalized spacial score (nSPS) is 18.6. The van der Waals surface area contributed by atoms with Crippen LogP contribution in [0.3, 0.4) is 0 Å². The maximum Gasteiger partial charge on any atom is 0.340 e. The topological polar surface area (TPSA) is 355 Å². The molecule has 10 N–H and O–H groups in total. The van der Waals surface area contributed by atoms with Crippen LogP contribution in [-0.2, 0) is 79.2 Å². The molecule has 0 aliphatic carbocycles. The Balaban J connectivity index is 0.719. The van der Waals surface area contributed by atoms with E-state index in [1.807, 2.05) is 54.6 Å². The van der Waals surface area contributed by atoms with Gasteiger partial charge < -0.3 is 71.4 Å². The number of phenols is 2. The lowest BCUT2D eigenvalue weighted by Crippen LogP contribution is -2.58. The summed E-state index contributed by atoms with van der Waals surface area (Å²) in [6.07, 6.45) is 3.14. The van der Waals surface area contributed by atoms with Gasteiger partial charge in [0, 0.05) is 111 Å². The van der Waals surface area contributed by atoms with E-state index in [1.165, 1.54) is 35.2 Å². The number of carboxylic acids is 2. The van der Waals surface area contributed by atoms with Crippen molar-refractivity contribution in [1.82, 2.24) is 36.8 Å². The highest BCUT2D eigenvalue weighted by Gasteiger charge is 2.54. The van der Waals surface area contributed by atoms with Crippen molar-refractivity contribution in [2.24, 2.45) is 5.41 Å². The van der Waals surface area contributed by atoms with Gasteiger partial charge in [-0.3, -0.25) is 43.2 Å². The summed E-state index contributed by atoms with van der Waals surface area (Å²) in [7, 11) is 0. The first-order chi connectivity index (χ1) is 48.7. The zero-order valence-electron chi connectivity index (χ0n) is 55.2. The molecule has 4 aliphatic rings. The second-order valence-electron chi connectivity index (χ2n) is 25.6. The molecule has 522 valence electrons. The van der Waals surface area contributed by atoms with Gasteiger partial charge in [-0.2, -0.15) is 0 Å². The van der Waals surface area contributed by atoms with Crippen LogP contribution in [0.1, 0.15) is 116 Å². The molecule has 2 bridgehead atoms. The van der Waals surface area contributed by atoms with Gasteiger partial charge in [0.25, 0.3) is 5.91 Å². The number of esters is 1. The average molecular weight is 1370 g/mol. The number of benzene rings is 7. The smallest absolute Gasteiger partial charge is 0.340 e. The van der Waals surface area contributed by atoms with Crippen LogP contribution >= 0.6 is 0 Å². The van der Waals surface area contributed by atoms with Crippen LogP contribution in [0.5, 0.6) is 23.0 Å². The second-order valence-corrected chi connectivity index (χ2v) is 25.6. The Labute approximate surface area is 581 Å². The number of nitrogens with zero attached hydrogens (tertiary/aromatic N) is 1. The molecule has 1 fully saturated rings. The first-order valence-corrected chi connectivity index (χ1v) is 33.5. The molecule has 0 aromatic heterocycles. The van der Waals surface area contributed by atoms with Crippen molar-refractivity contribution >= 4 is 59.3 Å². The van der Waals surface area contributed by atoms with Gasteiger partial charge in [-0.1, -0.05) is 109 Å². The number of hydrogen-bond donors (Lipinski definition) is 10. The van der Waals surface area contributed by atoms with E-state index in [1.54, 1.807) is 72.8 Å². The molecule has 7 aromatic rings. The number of amides is 7. The van der Waals surface area contributed by atoms with Gasteiger partial charge in [0.05, 0.1) is 30.2 Å². The van der Waals surface area contributed by atoms with E-state index in [4.69, 9.17) is 14.2 Å². The molecule has 4 heterocycles. The van der Waals surface area contributed by atoms with Gasteiger partial charge in [0.2, 0.25) is 35.4 Å². The highest BCUT2D eigenvalue weighted by atomic mass is 16.6. The van der Waals surface area contributed by atoms with Crippen LogP contribution in [0.4, 0.5) is 0 Å². The van der Waals surface area contributed by atoms with Crippen LogP contribution in [-0.4, -0.2) is 143 Å². The van der Waals surface area contributed by atoms with Crippen LogP contribution in [0.2, 0.25) is 0 Å². The first-order valence-electron chi connectivity index (χ1n) is 33.5. The van der Waals surface area contributed by atoms with Crippen LogP contribution in [0.15, 0.2) is 170 Å². The van der Waals surface area contributed by atoms with Gasteiger partial charge in [0.1, 0.15) is 35.1 Å². The number of rotatable bonds is 20. The summed E-state index contributed by atoms with van der Waals surface area (Å²) in [4.78, 5) is 137. The van der Waals surface area contributed by atoms with Crippen molar-refractivity contribution in [2.45, 2.75) is 94.4 Å². The minimum Gasteiger partial charge on any atom is -0.508 e. The fourth-order valence-electron chi connectivity index (χ4n) is 13.5. The predicted molar refractivity (Wildman–Crippen MR) is 367 cm³/mol. The minimum atomic E-state index is -1.48. The van der Waals surface area contributed by atoms with E-state index in [0.29, 0.717) is 64.6 Å². The molecule has 3 atom stereocenters. The Morgan fingerprint density at radius 3 is 1.97 bits per heavy atom. The van der Waals surface area contributed by atoms with E-state index >= 15 is 4.79 Å². The summed E-state index contributed by atoms with van der Waals surface area (Å²) < 4.78 is 18.0. The Hall–Kier alpha value is -11.7. The average Bonchev–Trinajstić information content (AvgIpc) is 1.59. The van der Waals surface area contributed by atoms with E-state index in [2.05, 4.69) is 31.9 Å². The second kappa shape index (κ2) is 31.9. The fraction of sp³-hybridized carbons (Fsp3) is 0.299. The van der Waals surface area contributed by atoms with Gasteiger partial charge in [-0.05, 0) is 114 Å². The Morgan fingerprint density at radius 2 is 1.30 bits per heavy atom. The molecule has 1 saturated heterocycles. The zero-order chi connectivity index (χ0) is 71.2. The Morgan fingerprint density at radius 1 is 0.663 bits per heavy atom. The lowest BCUT2D eigenvalue weighted by Gasteiger charge is -2.42. The number of nitrogens with one attached hydrogen (secondary N) is 6. The van der Waals surface area contributed by atoms with Crippen molar-refractivity contribution in [3.8, 4) is 34.1 Å². The number of carbonyl (C=O) groups is 10. The molecule has 101 heavy (non-hydrogen) atoms. The monoisotopic (exact) mass is 1370 g/mol. The highest BCUT2D eigenvalue weighted by Crippen LogP contribution is 2.57. The molecule has 0 unspecified atom stereocenters. The molecular weight excluding hydrogens is 1290 g/mol. The van der Waals surface area contributed by atoms with Crippen LogP contribution < -0.4 is 36.6 Å². The number of aliphatic carboxylic acids is 2. The van der Waals surface area contributed by atoms with E-state index < -0.39 is 88.3 Å². The van der Waals surface area contributed by atoms with Crippen molar-refractivity contribution in [3.63, 3.8) is 0 Å². The molecule has 7 aromatic carbocycles. The van der Waals surface area contributed by atoms with Gasteiger partial charge in [0.15, 0.2) is 5.60 Å². The molecule has 4 aliphatic heterocycles. The van der Waals surface area contributed by atoms with E-state index in [0.717, 1.165) is 28.8 Å². The quantitative estimate of drug-likeness (QED) is 0.0271. The summed E-state index contributed by atoms with van der Waals surface area (Å²) in [6.45, 7) is 0.996. The summed E-state index contributed by atoms with van der Waals surface area (Å²) in [5.41, 5.74) is 3.80. The zero-order valence-corrected chi connectivity index (χ0v) is 55.2. The molecular formula is C77H77N7O17. The number of piperidine rings is 1. The predicted octanol–water partition coefficient (Wildman–Crippen LogP) is 7.01. The molecule has 24 nitrogen and oxygen atoms in total. The van der Waals surface area contributed by atoms with Crippen molar-refractivity contribution in [2.75, 3.05) is 45.9 Å². The summed E-state index contributed by atoms with van der Waals surface area (Å²) >= 11 is 0. The molecule has 11 rings (SSSR count). The summed E-state index contributed by atoms with van der Waals surface area (Å²) in [6, 6.07) is 41.9. The lowest BCUT2D eigenvalue weighted by molar-refractivity contribution is -0.142. The first kappa shape index (κ1) is 70.7. The van der Waals surface area contributed by atoms with E-state index in [9.17, 15) is 63.6 Å². The summed E-state index contributed by atoms with van der Waals surface area (Å²) in [5.74, 6) is -6.97. The van der Waals surface area contributed by atoms with E-state index in [-0.39, 0.29) is 125 Å². The number of fused-ring (bicyclic) bond motifs is 9. The molecule has 24 heteroatoms. The largest absolute Gasteiger partial charge is 0.508 e. The SMILES string of the molecule is O=C(O)CC(CC(=O)O)c1ccc(-c2ccc(C[C@@H]3NC(=O)[C@]4(Cc5ccccc5)CCCN(C4)C(=O)/C=C/C(=O)NCC[C@@H](C(=O)NCCCOCCCNC(=O)c4ccc5c(c4)C(=O)OC54c5ccc(O)cc5Oc5cc(O)ccc54)NC(=O)Cc4ccccc4CNC3=O)cc2)cc1. The number of carboxylic acid groups (broad SMARTS) is 2. The maximum absolute atomic E-state index is 15.2. The van der Waals surface area contributed by atoms with Crippen LogP contribution in [0, 0.1) is 5.41 Å². The van der Waals surface area contributed by atoms with Crippen molar-refractivity contribution in [3.05, 3.63) is 226 Å². The van der Waals surface area contributed by atoms with Crippen molar-refractivity contribution in [1.29, 1.82) is 0 Å². The Bertz CT molecular complexity index is 4260. The van der Waals surface area contributed by atoms with Gasteiger partial charge in [-0.25, -0.2) is 4.79 Å². The molecule has 7 amide bonds. The third kappa shape index (κ3) is 17.1. The third-order valence-corrected chi connectivity index (χ3v) is 18.6. The Kier molecular flexibility index (Phi) is 22.3. The van der Waals surface area contributed by atoms with Crippen molar-refractivity contribution < 1.29 is 82.6 Å². The molecule has 0 radical (unpaired) electrons. The lowest BCUT2D eigenvalue weighted by atomic mass is 9.74. The van der Waals surface area contributed by atoms with Crippen LogP contribution in [0.25, 0.3) is 11.1 Å². The number of carbonyl (C=O) groups excluding carboxylic acids is 8. The molecule has 0 saturated carbocycles. The maximum atomic E-state index is 15.2. The number of hydrogen-bond acceptors (Lipinski definition) is 15. The summed E-state index contributed by atoms with van der Waals surface area (Å²) in [5, 5.41) is 56.7. The van der Waals surface area contributed by atoms with Gasteiger partial charge in [-0.15, -0.1) is 0 Å². The highest BCUT2D eigenvalue weighted by molar-refractivity contribution is 6.02.